The number of carboxylic acid groups (broad SMARTS) is 1. The van der Waals surface area contributed by atoms with Crippen molar-refractivity contribution in [2.24, 2.45) is 11.1 Å². The van der Waals surface area contributed by atoms with Gasteiger partial charge in [0.2, 0.25) is 0 Å². The minimum Gasteiger partial charge on any atom is -0.481 e. The van der Waals surface area contributed by atoms with Crippen molar-refractivity contribution in [3.8, 4) is 0 Å². The molecule has 0 radical (unpaired) electrons. The molecule has 0 bridgehead atoms. The monoisotopic (exact) mass is 249 g/mol. The lowest BCUT2D eigenvalue weighted by molar-refractivity contribution is -0.147. The Morgan fingerprint density at radius 2 is 1.67 bits per heavy atom. The van der Waals surface area contributed by atoms with E-state index in [1.54, 1.807) is 6.92 Å². The van der Waals surface area contributed by atoms with Gasteiger partial charge < -0.3 is 10.8 Å². The van der Waals surface area contributed by atoms with Crippen molar-refractivity contribution in [2.45, 2.75) is 39.5 Å². The number of hydrogen-bond acceptors (Lipinski definition) is 2. The van der Waals surface area contributed by atoms with Gasteiger partial charge in [0.1, 0.15) is 0 Å². The molecular weight excluding hydrogens is 226 g/mol. The first-order valence-electron chi connectivity index (χ1n) is 6.22. The van der Waals surface area contributed by atoms with Gasteiger partial charge in [-0.05, 0) is 29.9 Å². The molecule has 0 spiro atoms. The second-order valence-corrected chi connectivity index (χ2v) is 6.19. The summed E-state index contributed by atoms with van der Waals surface area (Å²) in [6, 6.07) is 8.12. The summed E-state index contributed by atoms with van der Waals surface area (Å²) in [5.41, 5.74) is 7.06. The van der Waals surface area contributed by atoms with Crippen LogP contribution in [0.5, 0.6) is 0 Å². The minimum absolute atomic E-state index is 0.114. The van der Waals surface area contributed by atoms with Crippen molar-refractivity contribution in [3.63, 3.8) is 0 Å². The van der Waals surface area contributed by atoms with Crippen LogP contribution in [0.3, 0.4) is 0 Å². The topological polar surface area (TPSA) is 63.3 Å². The first kappa shape index (κ1) is 14.7. The van der Waals surface area contributed by atoms with Gasteiger partial charge in [-0.25, -0.2) is 0 Å². The predicted octanol–water partition coefficient (Wildman–Crippen LogP) is 2.58. The smallest absolute Gasteiger partial charge is 0.310 e. The van der Waals surface area contributed by atoms with Gasteiger partial charge in [-0.15, -0.1) is 0 Å². The van der Waals surface area contributed by atoms with Crippen LogP contribution in [0.4, 0.5) is 0 Å². The number of rotatable bonds is 4. The van der Waals surface area contributed by atoms with E-state index in [4.69, 9.17) is 5.73 Å². The Morgan fingerprint density at radius 1 is 1.17 bits per heavy atom. The van der Waals surface area contributed by atoms with Crippen molar-refractivity contribution in [2.75, 3.05) is 6.54 Å². The molecule has 0 aliphatic rings. The maximum absolute atomic E-state index is 11.2. The zero-order valence-electron chi connectivity index (χ0n) is 11.7. The van der Waals surface area contributed by atoms with Gasteiger partial charge in [0.05, 0.1) is 5.41 Å². The molecular formula is C15H23NO2. The molecule has 0 heterocycles. The highest BCUT2D eigenvalue weighted by Crippen LogP contribution is 2.25. The maximum atomic E-state index is 11.2. The minimum atomic E-state index is -0.886. The summed E-state index contributed by atoms with van der Waals surface area (Å²) in [4.78, 5) is 11.2. The lowest BCUT2D eigenvalue weighted by atomic mass is 9.82. The molecule has 100 valence electrons. The number of benzene rings is 1. The molecule has 1 aromatic carbocycles. The Labute approximate surface area is 109 Å². The molecule has 3 nitrogen and oxygen atoms in total. The van der Waals surface area contributed by atoms with Crippen LogP contribution in [-0.4, -0.2) is 17.6 Å². The van der Waals surface area contributed by atoms with Gasteiger partial charge in [-0.2, -0.15) is 0 Å². The highest BCUT2D eigenvalue weighted by atomic mass is 16.4. The molecule has 0 amide bonds. The van der Waals surface area contributed by atoms with E-state index >= 15 is 0 Å². The van der Waals surface area contributed by atoms with Gasteiger partial charge >= 0.3 is 5.97 Å². The molecule has 1 unspecified atom stereocenters. The summed E-state index contributed by atoms with van der Waals surface area (Å²) in [5.74, 6) is -0.843. The molecule has 0 saturated carbocycles. The Balaban J connectivity index is 2.90. The Bertz CT molecular complexity index is 417. The van der Waals surface area contributed by atoms with Crippen molar-refractivity contribution in [1.82, 2.24) is 0 Å². The molecule has 1 rings (SSSR count). The largest absolute Gasteiger partial charge is 0.481 e. The van der Waals surface area contributed by atoms with Gasteiger partial charge in [0, 0.05) is 6.54 Å². The van der Waals surface area contributed by atoms with E-state index in [2.05, 4.69) is 32.9 Å². The van der Waals surface area contributed by atoms with E-state index < -0.39 is 11.4 Å². The van der Waals surface area contributed by atoms with Crippen LogP contribution in [-0.2, 0) is 16.6 Å². The Hall–Kier alpha value is -1.35. The van der Waals surface area contributed by atoms with Crippen LogP contribution in [0.1, 0.15) is 38.8 Å². The van der Waals surface area contributed by atoms with Crippen molar-refractivity contribution in [3.05, 3.63) is 35.4 Å². The van der Waals surface area contributed by atoms with Crippen LogP contribution in [0.25, 0.3) is 0 Å². The van der Waals surface area contributed by atoms with E-state index in [0.717, 1.165) is 5.56 Å². The third-order valence-electron chi connectivity index (χ3n) is 3.38. The number of nitrogens with two attached hydrogens (primary N) is 1. The van der Waals surface area contributed by atoms with E-state index in [-0.39, 0.29) is 12.0 Å². The zero-order chi connectivity index (χ0) is 14.0. The first-order chi connectivity index (χ1) is 8.19. The summed E-state index contributed by atoms with van der Waals surface area (Å²) in [6.45, 7) is 8.30. The van der Waals surface area contributed by atoms with Crippen molar-refractivity contribution < 1.29 is 9.90 Å². The summed E-state index contributed by atoms with van der Waals surface area (Å²) in [7, 11) is 0. The average molecular weight is 249 g/mol. The zero-order valence-corrected chi connectivity index (χ0v) is 11.7. The normalized spacial score (nSPS) is 15.2. The summed E-state index contributed by atoms with van der Waals surface area (Å²) >= 11 is 0. The van der Waals surface area contributed by atoms with Crippen molar-refractivity contribution >= 4 is 5.97 Å². The molecule has 0 aliphatic carbocycles. The fraction of sp³-hybridized carbons (Fsp3) is 0.533. The highest BCUT2D eigenvalue weighted by Gasteiger charge is 2.31. The molecule has 3 heteroatoms. The lowest BCUT2D eigenvalue weighted by Crippen LogP contribution is -2.37. The van der Waals surface area contributed by atoms with Crippen molar-refractivity contribution in [1.29, 1.82) is 0 Å². The number of carboxylic acids is 1. The number of carbonyl (C=O) groups is 1. The number of hydrogen-bond donors (Lipinski definition) is 2. The molecule has 0 saturated heterocycles. The molecule has 0 aromatic heterocycles. The molecule has 1 aromatic rings. The molecule has 18 heavy (non-hydrogen) atoms. The van der Waals surface area contributed by atoms with E-state index in [0.29, 0.717) is 6.42 Å². The Morgan fingerprint density at radius 3 is 2.00 bits per heavy atom. The predicted molar refractivity (Wildman–Crippen MR) is 73.6 cm³/mol. The van der Waals surface area contributed by atoms with Crippen LogP contribution in [0.2, 0.25) is 0 Å². The standard InChI is InChI=1S/C15H23NO2/c1-14(2,3)12-7-5-11(6-8-12)9-15(4,10-16)13(17)18/h5-8H,9-10,16H2,1-4H3,(H,17,18). The van der Waals surface area contributed by atoms with Crippen LogP contribution in [0, 0.1) is 5.41 Å². The lowest BCUT2D eigenvalue weighted by Gasteiger charge is -2.24. The van der Waals surface area contributed by atoms with Crippen LogP contribution >= 0.6 is 0 Å². The van der Waals surface area contributed by atoms with Gasteiger partial charge in [-0.1, -0.05) is 45.0 Å². The first-order valence-corrected chi connectivity index (χ1v) is 6.22. The fourth-order valence-corrected chi connectivity index (χ4v) is 1.81. The van der Waals surface area contributed by atoms with E-state index in [1.807, 2.05) is 12.1 Å². The maximum Gasteiger partial charge on any atom is 0.310 e. The fourth-order valence-electron chi connectivity index (χ4n) is 1.81. The van der Waals surface area contributed by atoms with Gasteiger partial charge in [0.15, 0.2) is 0 Å². The van der Waals surface area contributed by atoms with Gasteiger partial charge in [0.25, 0.3) is 0 Å². The molecule has 1 atom stereocenters. The second-order valence-electron chi connectivity index (χ2n) is 6.19. The summed E-state index contributed by atoms with van der Waals surface area (Å²) in [5, 5.41) is 9.20. The van der Waals surface area contributed by atoms with Crippen LogP contribution < -0.4 is 5.73 Å². The summed E-state index contributed by atoms with van der Waals surface area (Å²) in [6.07, 6.45) is 0.462. The van der Waals surface area contributed by atoms with E-state index in [1.165, 1.54) is 5.56 Å². The molecule has 3 N–H and O–H groups in total. The SMILES string of the molecule is CC(CN)(Cc1ccc(C(C)(C)C)cc1)C(=O)O. The van der Waals surface area contributed by atoms with Gasteiger partial charge in [-0.3, -0.25) is 4.79 Å². The second kappa shape index (κ2) is 5.11. The Kier molecular flexibility index (Phi) is 4.17. The van der Waals surface area contributed by atoms with Crippen LogP contribution in [0.15, 0.2) is 24.3 Å². The highest BCUT2D eigenvalue weighted by molar-refractivity contribution is 5.74. The van der Waals surface area contributed by atoms with E-state index in [9.17, 15) is 9.90 Å². The molecule has 0 aliphatic heterocycles. The third-order valence-corrected chi connectivity index (χ3v) is 3.38. The summed E-state index contributed by atoms with van der Waals surface area (Å²) < 4.78 is 0. The quantitative estimate of drug-likeness (QED) is 0.862. The average Bonchev–Trinajstić information content (AvgIpc) is 2.28. The third kappa shape index (κ3) is 3.33. The molecule has 0 fully saturated rings. The number of aliphatic carboxylic acids is 1.